The van der Waals surface area contributed by atoms with E-state index in [-0.39, 0.29) is 30.8 Å². The van der Waals surface area contributed by atoms with Gasteiger partial charge >= 0.3 is 6.09 Å². The topological polar surface area (TPSA) is 87.7 Å². The summed E-state index contributed by atoms with van der Waals surface area (Å²) in [4.78, 5) is 37.8. The van der Waals surface area contributed by atoms with Gasteiger partial charge in [0.05, 0.1) is 0 Å². The molecule has 1 aromatic carbocycles. The molecule has 1 aliphatic heterocycles. The first-order chi connectivity index (χ1) is 14.1. The monoisotopic (exact) mass is 435 g/mol. The zero-order valence-electron chi connectivity index (χ0n) is 17.7. The van der Waals surface area contributed by atoms with Crippen molar-refractivity contribution < 1.29 is 19.1 Å². The molecule has 0 saturated carbocycles. The molecule has 7 nitrogen and oxygen atoms in total. The Morgan fingerprint density at radius 2 is 1.93 bits per heavy atom. The number of rotatable bonds is 6. The van der Waals surface area contributed by atoms with Gasteiger partial charge in [0.25, 0.3) is 0 Å². The maximum absolute atomic E-state index is 12.3. The lowest BCUT2D eigenvalue weighted by atomic mass is 10.0. The molecule has 164 valence electrons. The maximum atomic E-state index is 12.3. The van der Waals surface area contributed by atoms with Gasteiger partial charge in [-0.15, -0.1) is 0 Å². The largest absolute Gasteiger partial charge is 0.444 e. The number of hydrogen-bond acceptors (Lipinski definition) is 4. The van der Waals surface area contributed by atoms with Crippen LogP contribution < -0.4 is 10.6 Å². The van der Waals surface area contributed by atoms with E-state index in [1.807, 2.05) is 12.1 Å². The second kappa shape index (κ2) is 11.0. The number of carbonyl (C=O) groups is 3. The van der Waals surface area contributed by atoms with Crippen LogP contribution in [0.3, 0.4) is 0 Å². The van der Waals surface area contributed by atoms with Crippen LogP contribution >= 0.6 is 11.6 Å². The van der Waals surface area contributed by atoms with Crippen molar-refractivity contribution in [2.24, 2.45) is 0 Å². The predicted molar refractivity (Wildman–Crippen MR) is 117 cm³/mol. The quantitative estimate of drug-likeness (QED) is 0.670. The van der Waals surface area contributed by atoms with Crippen LogP contribution in [-0.4, -0.2) is 54.1 Å². The number of nitrogens with one attached hydrogen (secondary N) is 2. The van der Waals surface area contributed by atoms with E-state index in [4.69, 9.17) is 16.3 Å². The second-order valence-electron chi connectivity index (χ2n) is 8.23. The Hall–Kier alpha value is -2.54. The third-order valence-electron chi connectivity index (χ3n) is 4.48. The average molecular weight is 436 g/mol. The zero-order chi connectivity index (χ0) is 22.1. The van der Waals surface area contributed by atoms with Gasteiger partial charge in [0, 0.05) is 43.2 Å². The van der Waals surface area contributed by atoms with Gasteiger partial charge in [0.2, 0.25) is 11.8 Å². The van der Waals surface area contributed by atoms with Gasteiger partial charge < -0.3 is 20.3 Å². The number of alkyl carbamates (subject to hydrolysis) is 1. The van der Waals surface area contributed by atoms with Crippen molar-refractivity contribution in [1.82, 2.24) is 15.5 Å². The molecule has 1 heterocycles. The van der Waals surface area contributed by atoms with E-state index in [1.54, 1.807) is 43.9 Å². The highest BCUT2D eigenvalue weighted by atomic mass is 35.5. The summed E-state index contributed by atoms with van der Waals surface area (Å²) >= 11 is 5.93. The lowest BCUT2D eigenvalue weighted by molar-refractivity contribution is -0.132. The molecule has 0 unspecified atom stereocenters. The fraction of sp³-hybridized carbons (Fsp3) is 0.500. The normalized spacial score (nSPS) is 15.1. The lowest BCUT2D eigenvalue weighted by Gasteiger charge is -2.32. The summed E-state index contributed by atoms with van der Waals surface area (Å²) < 4.78 is 5.14. The molecule has 0 aliphatic carbocycles. The molecule has 0 radical (unpaired) electrons. The van der Waals surface area contributed by atoms with E-state index < -0.39 is 11.7 Å². The van der Waals surface area contributed by atoms with E-state index in [0.29, 0.717) is 31.0 Å². The summed E-state index contributed by atoms with van der Waals surface area (Å²) in [5.74, 6) is -0.182. The van der Waals surface area contributed by atoms with Crippen LogP contribution in [0, 0.1) is 0 Å². The van der Waals surface area contributed by atoms with Crippen molar-refractivity contribution in [3.8, 4) is 0 Å². The van der Waals surface area contributed by atoms with Crippen molar-refractivity contribution >= 4 is 35.6 Å². The summed E-state index contributed by atoms with van der Waals surface area (Å²) in [6.07, 6.45) is 4.30. The molecule has 1 fully saturated rings. The lowest BCUT2D eigenvalue weighted by Crippen LogP contribution is -2.46. The molecule has 0 aromatic heterocycles. The molecule has 0 atom stereocenters. The molecule has 8 heteroatoms. The first-order valence-corrected chi connectivity index (χ1v) is 10.5. The van der Waals surface area contributed by atoms with Crippen LogP contribution in [0.25, 0.3) is 6.08 Å². The molecule has 1 aromatic rings. The van der Waals surface area contributed by atoms with Gasteiger partial charge in [-0.1, -0.05) is 23.7 Å². The van der Waals surface area contributed by atoms with Crippen molar-refractivity contribution in [1.29, 1.82) is 0 Å². The summed E-state index contributed by atoms with van der Waals surface area (Å²) in [5.41, 5.74) is 0.294. The molecule has 3 amide bonds. The molecule has 30 heavy (non-hydrogen) atoms. The average Bonchev–Trinajstić information content (AvgIpc) is 2.65. The van der Waals surface area contributed by atoms with E-state index >= 15 is 0 Å². The number of benzene rings is 1. The summed E-state index contributed by atoms with van der Waals surface area (Å²) in [7, 11) is 0. The van der Waals surface area contributed by atoms with Gasteiger partial charge in [0.15, 0.2) is 0 Å². The molecule has 2 rings (SSSR count). The molecule has 0 bridgehead atoms. The number of amides is 3. The smallest absolute Gasteiger partial charge is 0.407 e. The Morgan fingerprint density at radius 1 is 1.23 bits per heavy atom. The SMILES string of the molecule is CC(C)(C)OC(=O)NCCC(=O)N1CCC(NC(=O)/C=C/c2cccc(Cl)c2)CC1. The van der Waals surface area contributed by atoms with Crippen LogP contribution in [0.2, 0.25) is 5.02 Å². The molecule has 1 aliphatic rings. The first-order valence-electron chi connectivity index (χ1n) is 10.1. The predicted octanol–water partition coefficient (Wildman–Crippen LogP) is 3.38. The van der Waals surface area contributed by atoms with Crippen molar-refractivity contribution in [2.75, 3.05) is 19.6 Å². The number of carbonyl (C=O) groups excluding carboxylic acids is 3. The van der Waals surface area contributed by atoms with Gasteiger partial charge in [-0.3, -0.25) is 9.59 Å². The molecular weight excluding hydrogens is 406 g/mol. The van der Waals surface area contributed by atoms with Crippen LogP contribution in [0.5, 0.6) is 0 Å². The third kappa shape index (κ3) is 8.86. The van der Waals surface area contributed by atoms with Crippen molar-refractivity contribution in [3.63, 3.8) is 0 Å². The molecule has 0 spiro atoms. The fourth-order valence-electron chi connectivity index (χ4n) is 3.05. The zero-order valence-corrected chi connectivity index (χ0v) is 18.5. The van der Waals surface area contributed by atoms with Crippen LogP contribution in [0.1, 0.15) is 45.6 Å². The Kier molecular flexibility index (Phi) is 8.72. The van der Waals surface area contributed by atoms with Gasteiger partial charge in [0.1, 0.15) is 5.60 Å². The number of hydrogen-bond donors (Lipinski definition) is 2. The first kappa shape index (κ1) is 23.7. The van der Waals surface area contributed by atoms with Crippen LogP contribution in [0.15, 0.2) is 30.3 Å². The minimum Gasteiger partial charge on any atom is -0.444 e. The third-order valence-corrected chi connectivity index (χ3v) is 4.71. The highest BCUT2D eigenvalue weighted by Gasteiger charge is 2.23. The maximum Gasteiger partial charge on any atom is 0.407 e. The minimum absolute atomic E-state index is 0.0170. The molecule has 2 N–H and O–H groups in total. The Bertz CT molecular complexity index is 781. The Balaban J connectivity index is 1.67. The second-order valence-corrected chi connectivity index (χ2v) is 8.67. The number of halogens is 1. The summed E-state index contributed by atoms with van der Waals surface area (Å²) in [6.45, 7) is 6.75. The standard InChI is InChI=1S/C22H30ClN3O4/c1-22(2,3)30-21(29)24-12-9-20(28)26-13-10-18(11-14-26)25-19(27)8-7-16-5-4-6-17(23)15-16/h4-8,15,18H,9-14H2,1-3H3,(H,24,29)(H,25,27)/b8-7+. The van der Waals surface area contributed by atoms with Crippen molar-refractivity contribution in [2.45, 2.75) is 51.7 Å². The number of piperidine rings is 1. The summed E-state index contributed by atoms with van der Waals surface area (Å²) in [6, 6.07) is 7.30. The van der Waals surface area contributed by atoms with Crippen molar-refractivity contribution in [3.05, 3.63) is 40.9 Å². The van der Waals surface area contributed by atoms with Crippen LogP contribution in [-0.2, 0) is 14.3 Å². The van der Waals surface area contributed by atoms with E-state index in [1.165, 1.54) is 6.08 Å². The van der Waals surface area contributed by atoms with E-state index in [2.05, 4.69) is 10.6 Å². The number of ether oxygens (including phenoxy) is 1. The van der Waals surface area contributed by atoms with Crippen LogP contribution in [0.4, 0.5) is 4.79 Å². The Labute approximate surface area is 182 Å². The van der Waals surface area contributed by atoms with E-state index in [0.717, 1.165) is 5.56 Å². The Morgan fingerprint density at radius 3 is 2.57 bits per heavy atom. The molecule has 1 saturated heterocycles. The highest BCUT2D eigenvalue weighted by molar-refractivity contribution is 6.30. The summed E-state index contributed by atoms with van der Waals surface area (Å²) in [5, 5.41) is 6.19. The number of nitrogens with zero attached hydrogens (tertiary/aromatic N) is 1. The van der Waals surface area contributed by atoms with Gasteiger partial charge in [-0.05, 0) is 57.4 Å². The van der Waals surface area contributed by atoms with Gasteiger partial charge in [-0.25, -0.2) is 4.79 Å². The fourth-order valence-corrected chi connectivity index (χ4v) is 3.25. The molecular formula is C22H30ClN3O4. The minimum atomic E-state index is -0.566. The highest BCUT2D eigenvalue weighted by Crippen LogP contribution is 2.13. The van der Waals surface area contributed by atoms with E-state index in [9.17, 15) is 14.4 Å². The number of likely N-dealkylation sites (tertiary alicyclic amines) is 1. The van der Waals surface area contributed by atoms with Gasteiger partial charge in [-0.2, -0.15) is 0 Å².